The molecule has 2 heterocycles. The normalized spacial score (nSPS) is 22.1. The zero-order valence-electron chi connectivity index (χ0n) is 29.3. The topological polar surface area (TPSA) is 158 Å². The van der Waals surface area contributed by atoms with Gasteiger partial charge in [0.2, 0.25) is 0 Å². The molecule has 48 heavy (non-hydrogen) atoms. The Balaban J connectivity index is 1.56. The van der Waals surface area contributed by atoms with Crippen LogP contribution in [0, 0.1) is 19.8 Å². The van der Waals surface area contributed by atoms with Crippen LogP contribution in [-0.4, -0.2) is 95.7 Å². The Hall–Kier alpha value is -3.84. The van der Waals surface area contributed by atoms with Gasteiger partial charge in [0.1, 0.15) is 17.1 Å². The van der Waals surface area contributed by atoms with Gasteiger partial charge in [0.05, 0.1) is 30.4 Å². The predicted molar refractivity (Wildman–Crippen MR) is 184 cm³/mol. The third kappa shape index (κ3) is 10.1. The van der Waals surface area contributed by atoms with Gasteiger partial charge in [-0.25, -0.2) is 9.59 Å². The number of aliphatic hydroxyl groups excluding tert-OH is 1. The lowest BCUT2D eigenvalue weighted by Crippen LogP contribution is -2.48. The van der Waals surface area contributed by atoms with Crippen molar-refractivity contribution in [3.8, 4) is 5.75 Å². The molecule has 13 nitrogen and oxygen atoms in total. The maximum Gasteiger partial charge on any atom is 0.321 e. The van der Waals surface area contributed by atoms with Gasteiger partial charge >= 0.3 is 12.1 Å². The van der Waals surface area contributed by atoms with Gasteiger partial charge in [-0.15, -0.1) is 0 Å². The number of nitrogens with zero attached hydrogens (tertiary/aromatic N) is 3. The molecule has 1 saturated carbocycles. The Kier molecular flexibility index (Phi) is 13.5. The molecule has 4 N–H and O–H groups in total. The van der Waals surface area contributed by atoms with Crippen molar-refractivity contribution in [2.45, 2.75) is 110 Å². The molecule has 0 saturated heterocycles. The first kappa shape index (κ1) is 37.0. The second kappa shape index (κ2) is 17.5. The summed E-state index contributed by atoms with van der Waals surface area (Å²) in [6, 6.07) is 4.11. The number of hydrogen-bond donors (Lipinski definition) is 4. The summed E-state index contributed by atoms with van der Waals surface area (Å²) in [5.41, 5.74) is 1.90. The minimum absolute atomic E-state index is 0.139. The number of likely N-dealkylation sites (N-methyl/N-ethyl adjacent to an activating group) is 1. The van der Waals surface area contributed by atoms with Crippen LogP contribution >= 0.6 is 0 Å². The van der Waals surface area contributed by atoms with E-state index in [1.165, 1.54) is 6.42 Å². The van der Waals surface area contributed by atoms with Crippen molar-refractivity contribution >= 4 is 29.3 Å². The lowest BCUT2D eigenvalue weighted by Gasteiger charge is -2.35. The monoisotopic (exact) mass is 670 g/mol. The summed E-state index contributed by atoms with van der Waals surface area (Å²) in [5.74, 6) is 0.396. The molecule has 1 aromatic heterocycles. The molecule has 1 aliphatic carbocycles. The van der Waals surface area contributed by atoms with Gasteiger partial charge in [-0.1, -0.05) is 31.3 Å². The number of amides is 5. The number of urea groups is 2. The number of aryl methyl sites for hydroxylation is 2. The van der Waals surface area contributed by atoms with Gasteiger partial charge in [-0.2, -0.15) is 0 Å². The number of aromatic nitrogens is 1. The summed E-state index contributed by atoms with van der Waals surface area (Å²) in [5, 5.41) is 23.0. The molecule has 0 radical (unpaired) electrons. The molecule has 0 spiro atoms. The van der Waals surface area contributed by atoms with E-state index in [0.29, 0.717) is 40.7 Å². The van der Waals surface area contributed by atoms with E-state index in [4.69, 9.17) is 14.0 Å². The van der Waals surface area contributed by atoms with Gasteiger partial charge in [-0.3, -0.25) is 4.79 Å². The van der Waals surface area contributed by atoms with Gasteiger partial charge in [0, 0.05) is 44.4 Å². The van der Waals surface area contributed by atoms with Crippen molar-refractivity contribution in [1.82, 2.24) is 20.3 Å². The standard InChI is InChI=1S/C35H54N6O7/c1-22-19-41(23(2)21-42)33(43)29-18-28(37-34(44)36-27-13-8-7-9-14-27)15-16-30(29)47-24(3)12-10-11-17-46-31(22)20-40(6)35(45)38-32-25(4)39-48-26(32)5/h15-16,18,22-24,27,31,42H,7-14,17,19-21H2,1-6H3,(H,38,45)(H2,36,37,44)/t22-,23-,24-,31+/m0/s1. The highest BCUT2D eigenvalue weighted by Gasteiger charge is 2.31. The quantitative estimate of drug-likeness (QED) is 0.292. The first-order valence-electron chi connectivity index (χ1n) is 17.3. The molecular weight excluding hydrogens is 616 g/mol. The molecule has 13 heteroatoms. The van der Waals surface area contributed by atoms with E-state index < -0.39 is 12.1 Å². The van der Waals surface area contributed by atoms with E-state index in [9.17, 15) is 19.5 Å². The van der Waals surface area contributed by atoms with E-state index in [1.54, 1.807) is 55.8 Å². The summed E-state index contributed by atoms with van der Waals surface area (Å²) in [6.07, 6.45) is 7.12. The lowest BCUT2D eigenvalue weighted by molar-refractivity contribution is -0.0115. The molecule has 1 aromatic carbocycles. The molecule has 266 valence electrons. The summed E-state index contributed by atoms with van der Waals surface area (Å²) < 4.78 is 17.9. The van der Waals surface area contributed by atoms with E-state index in [-0.39, 0.29) is 55.7 Å². The fraction of sp³-hybridized carbons (Fsp3) is 0.657. The van der Waals surface area contributed by atoms with E-state index in [1.807, 2.05) is 13.8 Å². The van der Waals surface area contributed by atoms with Gasteiger partial charge < -0.3 is 44.9 Å². The second-order valence-corrected chi connectivity index (χ2v) is 13.5. The minimum atomic E-state index is -0.523. The number of carbonyl (C=O) groups is 3. The fourth-order valence-electron chi connectivity index (χ4n) is 6.28. The average molecular weight is 671 g/mol. The van der Waals surface area contributed by atoms with Gasteiger partial charge in [0.25, 0.3) is 5.91 Å². The zero-order chi connectivity index (χ0) is 34.8. The molecule has 2 aliphatic rings. The SMILES string of the molecule is Cc1noc(C)c1NC(=O)N(C)C[C@H]1OCCCC[C@H](C)Oc2ccc(NC(=O)NC3CCCCC3)cc2C(=O)N([C@@H](C)CO)C[C@@H]1C. The van der Waals surface area contributed by atoms with Crippen molar-refractivity contribution in [1.29, 1.82) is 0 Å². The Morgan fingerprint density at radius 3 is 2.50 bits per heavy atom. The smallest absolute Gasteiger partial charge is 0.321 e. The van der Waals surface area contributed by atoms with Crippen LogP contribution in [-0.2, 0) is 4.74 Å². The number of carbonyl (C=O) groups excluding carboxylic acids is 3. The number of aliphatic hydroxyl groups is 1. The maximum absolute atomic E-state index is 14.4. The Bertz CT molecular complexity index is 1360. The highest BCUT2D eigenvalue weighted by Crippen LogP contribution is 2.29. The van der Waals surface area contributed by atoms with Crippen LogP contribution in [0.2, 0.25) is 0 Å². The molecule has 1 aliphatic heterocycles. The van der Waals surface area contributed by atoms with Crippen LogP contribution in [0.5, 0.6) is 5.75 Å². The molecule has 0 bridgehead atoms. The van der Waals surface area contributed by atoms with Crippen molar-refractivity contribution in [3.63, 3.8) is 0 Å². The number of ether oxygens (including phenoxy) is 2. The predicted octanol–water partition coefficient (Wildman–Crippen LogP) is 5.71. The Labute approximate surface area is 284 Å². The maximum atomic E-state index is 14.4. The molecule has 0 unspecified atom stereocenters. The molecule has 2 aromatic rings. The molecule has 4 rings (SSSR count). The number of nitrogens with one attached hydrogen (secondary N) is 3. The number of anilines is 2. The average Bonchev–Trinajstić information content (AvgIpc) is 3.38. The van der Waals surface area contributed by atoms with Crippen LogP contribution in [0.4, 0.5) is 21.0 Å². The van der Waals surface area contributed by atoms with Crippen LogP contribution in [0.15, 0.2) is 22.7 Å². The van der Waals surface area contributed by atoms with Crippen LogP contribution in [0.1, 0.15) is 93.9 Å². The summed E-state index contributed by atoms with van der Waals surface area (Å²) in [7, 11) is 1.70. The lowest BCUT2D eigenvalue weighted by atomic mass is 9.96. The van der Waals surface area contributed by atoms with Crippen molar-refractivity contribution in [2.24, 2.45) is 5.92 Å². The third-order valence-electron chi connectivity index (χ3n) is 9.32. The van der Waals surface area contributed by atoms with E-state index in [0.717, 1.165) is 44.9 Å². The van der Waals surface area contributed by atoms with Crippen molar-refractivity contribution in [2.75, 3.05) is 44.0 Å². The van der Waals surface area contributed by atoms with Crippen LogP contribution in [0.25, 0.3) is 0 Å². The third-order valence-corrected chi connectivity index (χ3v) is 9.32. The summed E-state index contributed by atoms with van der Waals surface area (Å²) >= 11 is 0. The number of hydrogen-bond acceptors (Lipinski definition) is 8. The first-order valence-corrected chi connectivity index (χ1v) is 17.3. The minimum Gasteiger partial charge on any atom is -0.490 e. The number of fused-ring (bicyclic) bond motifs is 1. The van der Waals surface area contributed by atoms with Crippen LogP contribution in [0.3, 0.4) is 0 Å². The van der Waals surface area contributed by atoms with Crippen LogP contribution < -0.4 is 20.7 Å². The summed E-state index contributed by atoms with van der Waals surface area (Å²) in [4.78, 5) is 43.6. The number of benzene rings is 1. The fourth-order valence-corrected chi connectivity index (χ4v) is 6.28. The first-order chi connectivity index (χ1) is 23.0. The molecule has 1 fully saturated rings. The van der Waals surface area contributed by atoms with E-state index >= 15 is 0 Å². The molecule has 4 atom stereocenters. The Morgan fingerprint density at radius 1 is 1.08 bits per heavy atom. The molecular formula is C35H54N6O7. The van der Waals surface area contributed by atoms with Gasteiger partial charge in [-0.05, 0) is 78.0 Å². The molecule has 5 amide bonds. The number of rotatable bonds is 7. The largest absolute Gasteiger partial charge is 0.490 e. The van der Waals surface area contributed by atoms with Gasteiger partial charge in [0.15, 0.2) is 5.76 Å². The van der Waals surface area contributed by atoms with E-state index in [2.05, 4.69) is 21.1 Å². The summed E-state index contributed by atoms with van der Waals surface area (Å²) in [6.45, 7) is 9.99. The van der Waals surface area contributed by atoms with Crippen molar-refractivity contribution in [3.05, 3.63) is 35.2 Å². The second-order valence-electron chi connectivity index (χ2n) is 13.5. The Morgan fingerprint density at radius 2 is 1.81 bits per heavy atom. The highest BCUT2D eigenvalue weighted by molar-refractivity contribution is 5.99. The zero-order valence-corrected chi connectivity index (χ0v) is 29.3. The van der Waals surface area contributed by atoms with Crippen molar-refractivity contribution < 1.29 is 33.5 Å². The highest BCUT2D eigenvalue weighted by atomic mass is 16.5.